The SMILES string of the molecule is c1c[nH]c(-c2noc(CNC3CC3)n2)n1. The van der Waals surface area contributed by atoms with Crippen LogP contribution in [0.15, 0.2) is 16.9 Å². The Labute approximate surface area is 86.1 Å². The quantitative estimate of drug-likeness (QED) is 0.768. The molecule has 0 radical (unpaired) electrons. The minimum atomic E-state index is 0.507. The van der Waals surface area contributed by atoms with E-state index in [0.717, 1.165) is 0 Å². The second-order valence-electron chi connectivity index (χ2n) is 3.60. The number of aromatic amines is 1. The summed E-state index contributed by atoms with van der Waals surface area (Å²) < 4.78 is 5.08. The standard InChI is InChI=1S/C9H11N5O/c1-2-6(1)12-5-7-13-9(14-15-7)8-10-3-4-11-8/h3-4,6,12H,1-2,5H2,(H,10,11). The lowest BCUT2D eigenvalue weighted by Gasteiger charge is -1.94. The van der Waals surface area contributed by atoms with Gasteiger partial charge in [-0.05, 0) is 12.8 Å². The number of rotatable bonds is 4. The van der Waals surface area contributed by atoms with E-state index in [-0.39, 0.29) is 0 Å². The Morgan fingerprint density at radius 1 is 1.53 bits per heavy atom. The van der Waals surface area contributed by atoms with Gasteiger partial charge in [-0.3, -0.25) is 0 Å². The number of nitrogens with one attached hydrogen (secondary N) is 2. The van der Waals surface area contributed by atoms with Gasteiger partial charge in [0.1, 0.15) is 0 Å². The fraction of sp³-hybridized carbons (Fsp3) is 0.444. The Bertz CT molecular complexity index is 431. The van der Waals surface area contributed by atoms with Gasteiger partial charge in [0.2, 0.25) is 11.7 Å². The van der Waals surface area contributed by atoms with Gasteiger partial charge in [0.15, 0.2) is 5.82 Å². The van der Waals surface area contributed by atoms with Gasteiger partial charge in [0.05, 0.1) is 6.54 Å². The Balaban J connectivity index is 1.69. The zero-order valence-corrected chi connectivity index (χ0v) is 8.10. The maximum atomic E-state index is 5.08. The molecule has 6 nitrogen and oxygen atoms in total. The molecule has 1 aliphatic rings. The number of H-pyrrole nitrogens is 1. The van der Waals surface area contributed by atoms with Gasteiger partial charge in [-0.25, -0.2) is 4.98 Å². The van der Waals surface area contributed by atoms with Gasteiger partial charge < -0.3 is 14.8 Å². The third-order valence-corrected chi connectivity index (χ3v) is 2.30. The molecule has 0 atom stereocenters. The molecule has 1 saturated carbocycles. The van der Waals surface area contributed by atoms with Gasteiger partial charge in [-0.1, -0.05) is 5.16 Å². The second kappa shape index (κ2) is 3.47. The summed E-state index contributed by atoms with van der Waals surface area (Å²) in [5, 5.41) is 7.14. The molecule has 0 aromatic carbocycles. The molecule has 1 aliphatic carbocycles. The summed E-state index contributed by atoms with van der Waals surface area (Å²) in [6, 6.07) is 0.643. The van der Waals surface area contributed by atoms with E-state index in [0.29, 0.717) is 30.1 Å². The van der Waals surface area contributed by atoms with Gasteiger partial charge in [0.25, 0.3) is 0 Å². The zero-order chi connectivity index (χ0) is 10.1. The van der Waals surface area contributed by atoms with Crippen molar-refractivity contribution in [2.75, 3.05) is 0 Å². The van der Waals surface area contributed by atoms with Crippen LogP contribution in [0, 0.1) is 0 Å². The van der Waals surface area contributed by atoms with Gasteiger partial charge in [-0.15, -0.1) is 0 Å². The molecule has 2 aromatic rings. The van der Waals surface area contributed by atoms with Crippen LogP contribution in [0.25, 0.3) is 11.6 Å². The lowest BCUT2D eigenvalue weighted by Crippen LogP contribution is -2.15. The van der Waals surface area contributed by atoms with Crippen LogP contribution in [0.1, 0.15) is 18.7 Å². The smallest absolute Gasteiger partial charge is 0.241 e. The average molecular weight is 205 g/mol. The monoisotopic (exact) mass is 205 g/mol. The highest BCUT2D eigenvalue weighted by Gasteiger charge is 2.21. The van der Waals surface area contributed by atoms with Crippen LogP contribution in [0.5, 0.6) is 0 Å². The van der Waals surface area contributed by atoms with Gasteiger partial charge >= 0.3 is 0 Å². The molecule has 1 fully saturated rings. The summed E-state index contributed by atoms with van der Waals surface area (Å²) in [7, 11) is 0. The van der Waals surface area contributed by atoms with E-state index in [4.69, 9.17) is 4.52 Å². The number of aromatic nitrogens is 4. The van der Waals surface area contributed by atoms with Crippen LogP contribution in [0.4, 0.5) is 0 Å². The van der Waals surface area contributed by atoms with E-state index in [1.54, 1.807) is 12.4 Å². The molecule has 6 heteroatoms. The van der Waals surface area contributed by atoms with E-state index in [9.17, 15) is 0 Å². The number of imidazole rings is 1. The van der Waals surface area contributed by atoms with E-state index in [1.807, 2.05) is 0 Å². The first-order chi connectivity index (χ1) is 7.42. The first kappa shape index (κ1) is 8.60. The lowest BCUT2D eigenvalue weighted by atomic mass is 10.5. The molecular weight excluding hydrogens is 194 g/mol. The molecule has 78 valence electrons. The third kappa shape index (κ3) is 1.89. The molecule has 3 rings (SSSR count). The predicted molar refractivity (Wildman–Crippen MR) is 51.7 cm³/mol. The Kier molecular flexibility index (Phi) is 1.99. The molecule has 2 N–H and O–H groups in total. The highest BCUT2D eigenvalue weighted by Crippen LogP contribution is 2.19. The highest BCUT2D eigenvalue weighted by molar-refractivity contribution is 5.40. The average Bonchev–Trinajstić information content (AvgIpc) is 2.78. The van der Waals surface area contributed by atoms with Crippen molar-refractivity contribution in [1.29, 1.82) is 0 Å². The van der Waals surface area contributed by atoms with Crippen LogP contribution in [0.2, 0.25) is 0 Å². The van der Waals surface area contributed by atoms with E-state index in [2.05, 4.69) is 25.4 Å². The summed E-state index contributed by atoms with van der Waals surface area (Å²) in [5.74, 6) is 1.75. The minimum absolute atomic E-state index is 0.507. The maximum Gasteiger partial charge on any atom is 0.241 e. The Morgan fingerprint density at radius 2 is 2.47 bits per heavy atom. The molecule has 0 unspecified atom stereocenters. The van der Waals surface area contributed by atoms with Crippen molar-refractivity contribution in [1.82, 2.24) is 25.4 Å². The summed E-state index contributed by atoms with van der Waals surface area (Å²) in [4.78, 5) is 11.2. The fourth-order valence-corrected chi connectivity index (χ4v) is 1.33. The lowest BCUT2D eigenvalue weighted by molar-refractivity contribution is 0.367. The molecule has 0 saturated heterocycles. The third-order valence-electron chi connectivity index (χ3n) is 2.30. The van der Waals surface area contributed by atoms with Gasteiger partial charge in [-0.2, -0.15) is 4.98 Å². The summed E-state index contributed by atoms with van der Waals surface area (Å²) >= 11 is 0. The van der Waals surface area contributed by atoms with Crippen LogP contribution in [0.3, 0.4) is 0 Å². The number of hydrogen-bond acceptors (Lipinski definition) is 5. The van der Waals surface area contributed by atoms with Crippen LogP contribution in [-0.4, -0.2) is 26.2 Å². The molecular formula is C9H11N5O. The second-order valence-corrected chi connectivity index (χ2v) is 3.60. The molecule has 0 aliphatic heterocycles. The Hall–Kier alpha value is -1.69. The fourth-order valence-electron chi connectivity index (χ4n) is 1.33. The molecule has 0 spiro atoms. The molecule has 2 heterocycles. The van der Waals surface area contributed by atoms with Crippen molar-refractivity contribution in [2.24, 2.45) is 0 Å². The summed E-state index contributed by atoms with van der Waals surface area (Å²) in [5.41, 5.74) is 0. The van der Waals surface area contributed by atoms with Crippen molar-refractivity contribution in [3.63, 3.8) is 0 Å². The van der Waals surface area contributed by atoms with Crippen molar-refractivity contribution in [3.8, 4) is 11.6 Å². The first-order valence-corrected chi connectivity index (χ1v) is 4.97. The van der Waals surface area contributed by atoms with E-state index < -0.39 is 0 Å². The van der Waals surface area contributed by atoms with Crippen molar-refractivity contribution < 1.29 is 4.52 Å². The number of hydrogen-bond donors (Lipinski definition) is 2. The molecule has 2 aromatic heterocycles. The van der Waals surface area contributed by atoms with Crippen LogP contribution < -0.4 is 5.32 Å². The first-order valence-electron chi connectivity index (χ1n) is 4.97. The Morgan fingerprint density at radius 3 is 3.20 bits per heavy atom. The largest absolute Gasteiger partial charge is 0.342 e. The molecule has 0 amide bonds. The maximum absolute atomic E-state index is 5.08. The number of nitrogens with zero attached hydrogens (tertiary/aromatic N) is 3. The molecule has 15 heavy (non-hydrogen) atoms. The van der Waals surface area contributed by atoms with Crippen molar-refractivity contribution in [2.45, 2.75) is 25.4 Å². The van der Waals surface area contributed by atoms with Gasteiger partial charge in [0, 0.05) is 18.4 Å². The topological polar surface area (TPSA) is 79.6 Å². The highest BCUT2D eigenvalue weighted by atomic mass is 16.5. The van der Waals surface area contributed by atoms with Crippen LogP contribution in [-0.2, 0) is 6.54 Å². The summed E-state index contributed by atoms with van der Waals surface area (Å²) in [6.07, 6.45) is 5.89. The predicted octanol–water partition coefficient (Wildman–Crippen LogP) is 0.712. The normalized spacial score (nSPS) is 15.7. The minimum Gasteiger partial charge on any atom is -0.342 e. The van der Waals surface area contributed by atoms with Crippen LogP contribution >= 0.6 is 0 Å². The van der Waals surface area contributed by atoms with E-state index in [1.165, 1.54) is 12.8 Å². The molecule has 0 bridgehead atoms. The van der Waals surface area contributed by atoms with Crippen molar-refractivity contribution in [3.05, 3.63) is 18.3 Å². The zero-order valence-electron chi connectivity index (χ0n) is 8.10. The summed E-state index contributed by atoms with van der Waals surface area (Å²) in [6.45, 7) is 0.637. The van der Waals surface area contributed by atoms with Crippen molar-refractivity contribution >= 4 is 0 Å². The van der Waals surface area contributed by atoms with E-state index >= 15 is 0 Å².